The average Bonchev–Trinajstić information content (AvgIpc) is 2.04. The molecular weight excluding hydrogens is 199 g/mol. The molecule has 3 N–H and O–H groups in total. The number of hydrogen-bond acceptors (Lipinski definition) is 3. The maximum Gasteiger partial charge on any atom is 0.137 e. The van der Waals surface area contributed by atoms with E-state index in [2.05, 4.69) is 5.43 Å². The summed E-state index contributed by atoms with van der Waals surface area (Å²) >= 11 is 5.79. The van der Waals surface area contributed by atoms with Crippen LogP contribution in [0.1, 0.15) is 0 Å². The first-order chi connectivity index (χ1) is 5.27. The number of nitrogen functional groups attached to an aromatic ring is 1. The van der Waals surface area contributed by atoms with Gasteiger partial charge in [-0.15, -0.1) is 12.4 Å². The van der Waals surface area contributed by atoms with Gasteiger partial charge >= 0.3 is 0 Å². The highest BCUT2D eigenvalue weighted by molar-refractivity contribution is 6.32. The smallest absolute Gasteiger partial charge is 0.137 e. The highest BCUT2D eigenvalue weighted by atomic mass is 35.5. The van der Waals surface area contributed by atoms with Gasteiger partial charge in [0.25, 0.3) is 0 Å². The fraction of sp³-hybridized carbons (Fsp3) is 0.143. The second kappa shape index (κ2) is 5.09. The van der Waals surface area contributed by atoms with E-state index in [4.69, 9.17) is 22.2 Å². The maximum atomic E-state index is 5.79. The molecule has 0 heterocycles. The number of rotatable bonds is 2. The number of hydrazine groups is 1. The van der Waals surface area contributed by atoms with Gasteiger partial charge in [0.05, 0.1) is 17.8 Å². The number of halogens is 2. The largest absolute Gasteiger partial charge is 0.495 e. The molecule has 0 aliphatic heterocycles. The monoisotopic (exact) mass is 208 g/mol. The van der Waals surface area contributed by atoms with Gasteiger partial charge in [-0.05, 0) is 18.2 Å². The van der Waals surface area contributed by atoms with Crippen LogP contribution in [0, 0.1) is 0 Å². The molecule has 0 fully saturated rings. The Morgan fingerprint density at radius 2 is 2.17 bits per heavy atom. The SMILES string of the molecule is COc1ccc(NN)cc1Cl.Cl. The minimum atomic E-state index is 0. The van der Waals surface area contributed by atoms with Gasteiger partial charge in [0.15, 0.2) is 0 Å². The first-order valence-corrected chi connectivity index (χ1v) is 3.46. The van der Waals surface area contributed by atoms with Gasteiger partial charge in [0, 0.05) is 0 Å². The molecule has 1 aromatic carbocycles. The molecule has 3 nitrogen and oxygen atoms in total. The Labute approximate surface area is 82.2 Å². The molecule has 12 heavy (non-hydrogen) atoms. The summed E-state index contributed by atoms with van der Waals surface area (Å²) in [6, 6.07) is 5.22. The number of ether oxygens (including phenoxy) is 1. The Morgan fingerprint density at radius 3 is 2.58 bits per heavy atom. The van der Waals surface area contributed by atoms with Gasteiger partial charge in [-0.2, -0.15) is 0 Å². The van der Waals surface area contributed by atoms with E-state index >= 15 is 0 Å². The second-order valence-corrected chi connectivity index (χ2v) is 2.40. The van der Waals surface area contributed by atoms with Gasteiger partial charge in [-0.25, -0.2) is 0 Å². The predicted octanol–water partition coefficient (Wildman–Crippen LogP) is 2.06. The first-order valence-electron chi connectivity index (χ1n) is 3.08. The zero-order chi connectivity index (χ0) is 8.27. The zero-order valence-corrected chi connectivity index (χ0v) is 8.08. The molecule has 0 atom stereocenters. The van der Waals surface area contributed by atoms with Crippen molar-refractivity contribution in [2.24, 2.45) is 5.84 Å². The third-order valence-corrected chi connectivity index (χ3v) is 1.61. The molecule has 1 aromatic rings. The quantitative estimate of drug-likeness (QED) is 0.578. The standard InChI is InChI=1S/C7H9ClN2O.ClH/c1-11-7-3-2-5(10-9)4-6(7)8;/h2-4,10H,9H2,1H3;1H. The molecule has 0 aromatic heterocycles. The van der Waals surface area contributed by atoms with Crippen LogP contribution in [0.3, 0.4) is 0 Å². The van der Waals surface area contributed by atoms with E-state index in [9.17, 15) is 0 Å². The third kappa shape index (κ3) is 2.44. The predicted molar refractivity (Wildman–Crippen MR) is 53.1 cm³/mol. The third-order valence-electron chi connectivity index (χ3n) is 1.32. The Hall–Kier alpha value is -0.640. The number of hydrogen-bond donors (Lipinski definition) is 2. The van der Waals surface area contributed by atoms with Crippen molar-refractivity contribution in [3.05, 3.63) is 23.2 Å². The summed E-state index contributed by atoms with van der Waals surface area (Å²) in [5.41, 5.74) is 3.24. The van der Waals surface area contributed by atoms with Crippen molar-refractivity contribution in [3.8, 4) is 5.75 Å². The molecule has 5 heteroatoms. The van der Waals surface area contributed by atoms with Gasteiger partial charge in [0.1, 0.15) is 5.75 Å². The van der Waals surface area contributed by atoms with E-state index in [0.717, 1.165) is 5.69 Å². The minimum Gasteiger partial charge on any atom is -0.495 e. The fourth-order valence-corrected chi connectivity index (χ4v) is 1.01. The molecule has 0 unspecified atom stereocenters. The van der Waals surface area contributed by atoms with Crippen LogP contribution in [0.15, 0.2) is 18.2 Å². The lowest BCUT2D eigenvalue weighted by Gasteiger charge is -2.04. The number of benzene rings is 1. The zero-order valence-electron chi connectivity index (χ0n) is 6.50. The van der Waals surface area contributed by atoms with Crippen LogP contribution < -0.4 is 16.0 Å². The van der Waals surface area contributed by atoms with Crippen molar-refractivity contribution < 1.29 is 4.74 Å². The van der Waals surface area contributed by atoms with Crippen molar-refractivity contribution in [1.82, 2.24) is 0 Å². The van der Waals surface area contributed by atoms with E-state index in [1.54, 1.807) is 25.3 Å². The van der Waals surface area contributed by atoms with Crippen molar-refractivity contribution in [1.29, 1.82) is 0 Å². The summed E-state index contributed by atoms with van der Waals surface area (Å²) in [6.45, 7) is 0. The van der Waals surface area contributed by atoms with Crippen LogP contribution in [0.25, 0.3) is 0 Å². The van der Waals surface area contributed by atoms with Crippen molar-refractivity contribution in [2.75, 3.05) is 12.5 Å². The number of anilines is 1. The van der Waals surface area contributed by atoms with Crippen LogP contribution in [0.2, 0.25) is 5.02 Å². The summed E-state index contributed by atoms with van der Waals surface area (Å²) in [7, 11) is 1.57. The van der Waals surface area contributed by atoms with Gasteiger partial charge < -0.3 is 10.2 Å². The molecule has 0 aliphatic rings. The second-order valence-electron chi connectivity index (χ2n) is 1.99. The fourth-order valence-electron chi connectivity index (χ4n) is 0.756. The molecule has 1 rings (SSSR count). The number of nitrogens with two attached hydrogens (primary N) is 1. The van der Waals surface area contributed by atoms with E-state index < -0.39 is 0 Å². The molecule has 68 valence electrons. The summed E-state index contributed by atoms with van der Waals surface area (Å²) in [4.78, 5) is 0. The van der Waals surface area contributed by atoms with Crippen molar-refractivity contribution in [2.45, 2.75) is 0 Å². The summed E-state index contributed by atoms with van der Waals surface area (Å²) in [6.07, 6.45) is 0. The number of nitrogens with one attached hydrogen (secondary N) is 1. The summed E-state index contributed by atoms with van der Waals surface area (Å²) in [5.74, 6) is 5.80. The van der Waals surface area contributed by atoms with Crippen molar-refractivity contribution >= 4 is 29.7 Å². The van der Waals surface area contributed by atoms with Crippen LogP contribution >= 0.6 is 24.0 Å². The van der Waals surface area contributed by atoms with E-state index in [-0.39, 0.29) is 12.4 Å². The molecule has 0 bridgehead atoms. The van der Waals surface area contributed by atoms with Crippen LogP contribution in [-0.4, -0.2) is 7.11 Å². The molecular formula is C7H10Cl2N2O. The lowest BCUT2D eigenvalue weighted by Crippen LogP contribution is -2.06. The first kappa shape index (κ1) is 11.4. The van der Waals surface area contributed by atoms with Gasteiger partial charge in [-0.1, -0.05) is 11.6 Å². The van der Waals surface area contributed by atoms with E-state index in [0.29, 0.717) is 10.8 Å². The summed E-state index contributed by atoms with van der Waals surface area (Å²) < 4.78 is 4.94. The molecule has 0 radical (unpaired) electrons. The summed E-state index contributed by atoms with van der Waals surface area (Å²) in [5, 5.41) is 0.544. The van der Waals surface area contributed by atoms with Crippen LogP contribution in [0.4, 0.5) is 5.69 Å². The Kier molecular flexibility index (Phi) is 4.81. The van der Waals surface area contributed by atoms with Crippen molar-refractivity contribution in [3.63, 3.8) is 0 Å². The van der Waals surface area contributed by atoms with Crippen LogP contribution in [-0.2, 0) is 0 Å². The van der Waals surface area contributed by atoms with E-state index in [1.165, 1.54) is 0 Å². The highest BCUT2D eigenvalue weighted by Gasteiger charge is 1.99. The maximum absolute atomic E-state index is 5.79. The average molecular weight is 209 g/mol. The van der Waals surface area contributed by atoms with Gasteiger partial charge in [0.2, 0.25) is 0 Å². The lowest BCUT2D eigenvalue weighted by molar-refractivity contribution is 0.415. The topological polar surface area (TPSA) is 47.3 Å². The Bertz CT molecular complexity index is 255. The minimum absolute atomic E-state index is 0. The molecule has 0 aliphatic carbocycles. The van der Waals surface area contributed by atoms with Crippen LogP contribution in [0.5, 0.6) is 5.75 Å². The Balaban J connectivity index is 0.00000121. The van der Waals surface area contributed by atoms with Gasteiger partial charge in [-0.3, -0.25) is 5.84 Å². The Morgan fingerprint density at radius 1 is 1.50 bits per heavy atom. The molecule has 0 amide bonds. The molecule has 0 saturated carbocycles. The lowest BCUT2D eigenvalue weighted by atomic mass is 10.3. The normalized spacial score (nSPS) is 8.58. The molecule has 0 spiro atoms. The number of methoxy groups -OCH3 is 1. The molecule has 0 saturated heterocycles. The van der Waals surface area contributed by atoms with E-state index in [1.807, 2.05) is 0 Å². The highest BCUT2D eigenvalue weighted by Crippen LogP contribution is 2.26.